The Labute approximate surface area is 202 Å². The van der Waals surface area contributed by atoms with Gasteiger partial charge >= 0.3 is 0 Å². The van der Waals surface area contributed by atoms with Gasteiger partial charge in [-0.3, -0.25) is 19.6 Å². The Morgan fingerprint density at radius 3 is 1.47 bits per heavy atom. The van der Waals surface area contributed by atoms with Crippen LogP contribution in [0.3, 0.4) is 0 Å². The Balaban J connectivity index is 0. The molecule has 2 aliphatic rings. The van der Waals surface area contributed by atoms with Gasteiger partial charge in [-0.15, -0.1) is 24.3 Å². The molecule has 4 N–H and O–H groups in total. The molecule has 1 aromatic rings. The van der Waals surface area contributed by atoms with Gasteiger partial charge in [0, 0.05) is 33.3 Å². The molecule has 0 aromatic heterocycles. The van der Waals surface area contributed by atoms with Crippen molar-refractivity contribution in [3.05, 3.63) is 35.4 Å². The predicted molar refractivity (Wildman–Crippen MR) is 118 cm³/mol. The molecule has 1 aromatic carbocycles. The quantitative estimate of drug-likeness (QED) is 0.443. The number of aliphatic carboxylic acids is 2. The van der Waals surface area contributed by atoms with Gasteiger partial charge in [-0.25, -0.2) is 0 Å². The molecule has 0 amide bonds. The second kappa shape index (κ2) is 15.5. The first-order valence-corrected chi connectivity index (χ1v) is 9.84. The van der Waals surface area contributed by atoms with E-state index in [1.807, 2.05) is 18.2 Å². The summed E-state index contributed by atoms with van der Waals surface area (Å²) in [4.78, 5) is 27.3. The number of hydrogen-bond donors (Lipinski definition) is 2. The van der Waals surface area contributed by atoms with Crippen LogP contribution >= 0.6 is 0 Å². The van der Waals surface area contributed by atoms with Crippen molar-refractivity contribution in [2.75, 3.05) is 13.2 Å². The summed E-state index contributed by atoms with van der Waals surface area (Å²) in [7, 11) is 0. The fraction of sp³-hybridized carbons (Fsp3) is 0.545. The average Bonchev–Trinajstić information content (AvgIpc) is 3.31. The molecule has 0 bridgehead atoms. The molecule has 0 saturated heterocycles. The Bertz CT molecular complexity index is 725. The van der Waals surface area contributed by atoms with E-state index < -0.39 is 11.9 Å². The van der Waals surface area contributed by atoms with Gasteiger partial charge in [-0.2, -0.15) is 0 Å². The van der Waals surface area contributed by atoms with Gasteiger partial charge in [0.1, 0.15) is 25.0 Å². The summed E-state index contributed by atoms with van der Waals surface area (Å²) in [5, 5.41) is 14.8. The summed E-state index contributed by atoms with van der Waals surface area (Å²) in [6.45, 7) is 12.1. The Hall–Kier alpha value is -2.32. The third-order valence-corrected chi connectivity index (χ3v) is 4.14. The number of ether oxygens (including phenoxy) is 2. The van der Waals surface area contributed by atoms with Crippen LogP contribution in [0.4, 0.5) is 0 Å². The average molecular weight is 540 g/mol. The largest absolute Gasteiger partial charge is 0.510 e. The number of benzene rings is 1. The van der Waals surface area contributed by atoms with E-state index in [1.54, 1.807) is 0 Å². The number of hydrogen-bond acceptors (Lipinski definition) is 6. The van der Waals surface area contributed by atoms with Gasteiger partial charge in [-0.05, 0) is 11.8 Å². The number of carbonyl (C=O) groups is 2. The first kappa shape index (κ1) is 31.9. The standard InChI is InChI=1S/C18H23N2O2.2C2H4O2.H2O.Rh/c1-11(2)15-9-21-17(19-15)13-6-5-7-14(8-13)18-20-16(10-22-18)12(3)4;2*1-2(3)4;;/h5-7,11-12,15-16H,9-10H2,1-4H3;2*1H3,(H,3,4);1H2;/q-1;;;;/t15-,16-;;;;/m0..../s1. The van der Waals surface area contributed by atoms with Crippen LogP contribution in [0.1, 0.15) is 52.7 Å². The molecule has 2 aliphatic heterocycles. The fourth-order valence-electron chi connectivity index (χ4n) is 2.48. The van der Waals surface area contributed by atoms with Crippen LogP contribution in [0.25, 0.3) is 0 Å². The fourth-order valence-corrected chi connectivity index (χ4v) is 2.48. The third-order valence-electron chi connectivity index (χ3n) is 4.14. The maximum absolute atomic E-state index is 9.00. The van der Waals surface area contributed by atoms with E-state index in [9.17, 15) is 0 Å². The van der Waals surface area contributed by atoms with Crippen molar-refractivity contribution in [2.24, 2.45) is 21.8 Å². The van der Waals surface area contributed by atoms with E-state index in [2.05, 4.69) is 43.7 Å². The maximum atomic E-state index is 9.00. The molecule has 183 valence electrons. The van der Waals surface area contributed by atoms with Crippen LogP contribution in [-0.2, 0) is 38.5 Å². The molecule has 9 nitrogen and oxygen atoms in total. The van der Waals surface area contributed by atoms with E-state index >= 15 is 0 Å². The number of aliphatic imine (C=N–C) groups is 2. The molecule has 0 spiro atoms. The zero-order chi connectivity index (χ0) is 22.8. The molecule has 32 heavy (non-hydrogen) atoms. The van der Waals surface area contributed by atoms with E-state index in [-0.39, 0.29) is 37.0 Å². The van der Waals surface area contributed by atoms with Crippen LogP contribution in [-0.4, -0.2) is 64.7 Å². The molecule has 1 radical (unpaired) electrons. The summed E-state index contributed by atoms with van der Waals surface area (Å²) in [5.74, 6) is 0.657. The molecular formula is C22H33N2O7Rh-. The van der Waals surface area contributed by atoms with E-state index in [4.69, 9.17) is 29.3 Å². The molecule has 3 rings (SSSR count). The van der Waals surface area contributed by atoms with Crippen LogP contribution in [0.15, 0.2) is 28.2 Å². The zero-order valence-corrected chi connectivity index (χ0v) is 20.8. The summed E-state index contributed by atoms with van der Waals surface area (Å²) in [5.41, 5.74) is 1.75. The number of rotatable bonds is 4. The second-order valence-electron chi connectivity index (χ2n) is 7.63. The second-order valence-corrected chi connectivity index (χ2v) is 7.63. The van der Waals surface area contributed by atoms with Crippen LogP contribution < -0.4 is 0 Å². The molecule has 10 heteroatoms. The van der Waals surface area contributed by atoms with Crippen LogP contribution in [0.5, 0.6) is 0 Å². The number of nitrogens with zero attached hydrogens (tertiary/aromatic N) is 2. The van der Waals surface area contributed by atoms with E-state index in [0.29, 0.717) is 36.8 Å². The van der Waals surface area contributed by atoms with Gasteiger partial charge in [0.25, 0.3) is 11.9 Å². The molecule has 2 atom stereocenters. The predicted octanol–water partition coefficient (Wildman–Crippen LogP) is 2.44. The van der Waals surface area contributed by atoms with Crippen molar-refractivity contribution < 1.29 is 54.2 Å². The van der Waals surface area contributed by atoms with Gasteiger partial charge in [0.05, 0.1) is 12.1 Å². The summed E-state index contributed by atoms with van der Waals surface area (Å²) < 4.78 is 11.5. The molecule has 0 unspecified atom stereocenters. The van der Waals surface area contributed by atoms with Crippen LogP contribution in [0.2, 0.25) is 0 Å². The van der Waals surface area contributed by atoms with Gasteiger partial charge in [0.2, 0.25) is 0 Å². The van der Waals surface area contributed by atoms with E-state index in [1.165, 1.54) is 0 Å². The Morgan fingerprint density at radius 2 is 1.22 bits per heavy atom. The molecule has 0 aliphatic carbocycles. The summed E-state index contributed by atoms with van der Waals surface area (Å²) in [6.07, 6.45) is 0. The van der Waals surface area contributed by atoms with Gasteiger partial charge in [0.15, 0.2) is 0 Å². The topological polar surface area (TPSA) is 149 Å². The number of carboxylic acids is 2. The zero-order valence-electron chi connectivity index (χ0n) is 19.2. The van der Waals surface area contributed by atoms with Crippen molar-refractivity contribution in [1.29, 1.82) is 0 Å². The minimum Gasteiger partial charge on any atom is -0.510 e. The van der Waals surface area contributed by atoms with Crippen molar-refractivity contribution in [3.63, 3.8) is 0 Å². The smallest absolute Gasteiger partial charge is 0.300 e. The van der Waals surface area contributed by atoms with Crippen LogP contribution in [0, 0.1) is 17.9 Å². The minimum atomic E-state index is -0.833. The molecule has 0 saturated carbocycles. The van der Waals surface area contributed by atoms with Gasteiger partial charge in [-0.1, -0.05) is 38.8 Å². The van der Waals surface area contributed by atoms with Gasteiger partial charge < -0.3 is 25.2 Å². The minimum absolute atomic E-state index is 0. The van der Waals surface area contributed by atoms with Crippen molar-refractivity contribution >= 4 is 23.7 Å². The summed E-state index contributed by atoms with van der Waals surface area (Å²) >= 11 is 0. The maximum Gasteiger partial charge on any atom is 0.300 e. The Morgan fingerprint density at radius 1 is 0.906 bits per heavy atom. The summed E-state index contributed by atoms with van der Waals surface area (Å²) in [6, 6.07) is 9.73. The Kier molecular flexibility index (Phi) is 15.4. The molecule has 0 fully saturated rings. The normalized spacial score (nSPS) is 18.2. The number of carboxylic acid groups (broad SMARTS) is 2. The SMILES string of the molecule is CC(=O)O.CC(=O)O.CC(C)[C@@H]1COC(c2[c-]c(C3=N[C@H](C(C)C)CO3)ccc2)=N1.O.[Rh]. The van der Waals surface area contributed by atoms with E-state index in [0.717, 1.165) is 25.0 Å². The third kappa shape index (κ3) is 11.3. The molecular weight excluding hydrogens is 507 g/mol. The first-order chi connectivity index (χ1) is 14.0. The monoisotopic (exact) mass is 540 g/mol. The van der Waals surface area contributed by atoms with Crippen molar-refractivity contribution in [3.8, 4) is 0 Å². The first-order valence-electron chi connectivity index (χ1n) is 9.84. The van der Waals surface area contributed by atoms with Crippen molar-refractivity contribution in [1.82, 2.24) is 0 Å². The molecule has 2 heterocycles. The van der Waals surface area contributed by atoms with Crippen molar-refractivity contribution in [2.45, 2.75) is 53.6 Å².